The second kappa shape index (κ2) is 3.91. The first-order chi connectivity index (χ1) is 6.49. The van der Waals surface area contributed by atoms with Gasteiger partial charge in [0.05, 0.1) is 22.8 Å². The quantitative estimate of drug-likeness (QED) is 0.481. The first-order valence-electron chi connectivity index (χ1n) is 3.50. The number of nitrogen functional groups attached to an aromatic ring is 1. The van der Waals surface area contributed by atoms with E-state index < -0.39 is 27.6 Å². The Morgan fingerprint density at radius 1 is 1.50 bits per heavy atom. The van der Waals surface area contributed by atoms with Crippen molar-refractivity contribution in [3.63, 3.8) is 0 Å². The second-order valence-corrected chi connectivity index (χ2v) is 3.24. The van der Waals surface area contributed by atoms with Gasteiger partial charge in [0.2, 0.25) is 0 Å². The predicted octanol–water partition coefficient (Wildman–Crippen LogP) is 2.10. The summed E-state index contributed by atoms with van der Waals surface area (Å²) >= 11 is 2.64. The zero-order valence-electron chi connectivity index (χ0n) is 7.11. The normalized spacial score (nSPS) is 10.0. The van der Waals surface area contributed by atoms with E-state index in [2.05, 4.69) is 20.7 Å². The van der Waals surface area contributed by atoms with E-state index in [1.54, 1.807) is 0 Å². The third-order valence-corrected chi connectivity index (χ3v) is 2.28. The molecule has 0 amide bonds. The number of carbonyl (C=O) groups excluding carboxylic acids is 1. The van der Waals surface area contributed by atoms with E-state index in [4.69, 9.17) is 5.73 Å². The fraction of sp³-hybridized carbons (Fsp3) is 0.125. The molecule has 3 nitrogen and oxygen atoms in total. The van der Waals surface area contributed by atoms with Crippen molar-refractivity contribution in [3.8, 4) is 0 Å². The maximum atomic E-state index is 13.2. The van der Waals surface area contributed by atoms with Gasteiger partial charge >= 0.3 is 5.97 Å². The van der Waals surface area contributed by atoms with E-state index in [-0.39, 0.29) is 5.69 Å². The smallest absolute Gasteiger partial charge is 0.340 e. The molecule has 0 aliphatic heterocycles. The minimum absolute atomic E-state index is 0.321. The highest BCUT2D eigenvalue weighted by atomic mass is 79.9. The van der Waals surface area contributed by atoms with Crippen LogP contribution in [0.5, 0.6) is 0 Å². The van der Waals surface area contributed by atoms with Crippen LogP contribution in [0, 0.1) is 11.6 Å². The minimum atomic E-state index is -1.02. The van der Waals surface area contributed by atoms with Crippen molar-refractivity contribution >= 4 is 27.6 Å². The van der Waals surface area contributed by atoms with Gasteiger partial charge in [-0.1, -0.05) is 0 Å². The number of methoxy groups -OCH3 is 1. The molecule has 0 saturated carbocycles. The number of carbonyl (C=O) groups is 1. The standard InChI is InChI=1S/C8H6BrF2NO2/c1-14-8(13)3-2-4(12)7(11)5(9)6(3)10/h2H,12H2,1H3. The lowest BCUT2D eigenvalue weighted by Crippen LogP contribution is -2.08. The Morgan fingerprint density at radius 2 is 2.07 bits per heavy atom. The number of rotatable bonds is 1. The van der Waals surface area contributed by atoms with Crippen molar-refractivity contribution < 1.29 is 18.3 Å². The van der Waals surface area contributed by atoms with E-state index in [9.17, 15) is 13.6 Å². The van der Waals surface area contributed by atoms with Crippen molar-refractivity contribution in [2.45, 2.75) is 0 Å². The van der Waals surface area contributed by atoms with Crippen LogP contribution < -0.4 is 5.73 Å². The van der Waals surface area contributed by atoms with E-state index in [1.165, 1.54) is 0 Å². The van der Waals surface area contributed by atoms with Crippen LogP contribution in [0.3, 0.4) is 0 Å². The molecular weight excluding hydrogens is 260 g/mol. The number of halogens is 3. The van der Waals surface area contributed by atoms with Crippen molar-refractivity contribution in [1.82, 2.24) is 0 Å². The van der Waals surface area contributed by atoms with Gasteiger partial charge in [-0.15, -0.1) is 0 Å². The molecule has 0 aromatic heterocycles. The van der Waals surface area contributed by atoms with Crippen LogP contribution >= 0.6 is 15.9 Å². The van der Waals surface area contributed by atoms with E-state index in [1.807, 2.05) is 0 Å². The lowest BCUT2D eigenvalue weighted by Gasteiger charge is -2.05. The van der Waals surface area contributed by atoms with Gasteiger partial charge in [-0.25, -0.2) is 13.6 Å². The zero-order chi connectivity index (χ0) is 10.9. The molecule has 0 bridgehead atoms. The van der Waals surface area contributed by atoms with Crippen LogP contribution in [0.25, 0.3) is 0 Å². The van der Waals surface area contributed by atoms with Crippen LogP contribution in [0.1, 0.15) is 10.4 Å². The monoisotopic (exact) mass is 265 g/mol. The highest BCUT2D eigenvalue weighted by molar-refractivity contribution is 9.10. The molecule has 0 atom stereocenters. The van der Waals surface area contributed by atoms with Gasteiger partial charge in [0.1, 0.15) is 0 Å². The summed E-state index contributed by atoms with van der Waals surface area (Å²) in [6.07, 6.45) is 0. The first kappa shape index (κ1) is 10.9. The number of esters is 1. The summed E-state index contributed by atoms with van der Waals surface area (Å²) in [5.74, 6) is -2.87. The van der Waals surface area contributed by atoms with Gasteiger partial charge in [-0.05, 0) is 22.0 Å². The van der Waals surface area contributed by atoms with E-state index in [0.717, 1.165) is 13.2 Å². The predicted molar refractivity (Wildman–Crippen MR) is 49.8 cm³/mol. The largest absolute Gasteiger partial charge is 0.465 e. The fourth-order valence-electron chi connectivity index (χ4n) is 0.882. The van der Waals surface area contributed by atoms with Crippen LogP contribution in [0.2, 0.25) is 0 Å². The molecule has 0 saturated heterocycles. The molecule has 1 aromatic carbocycles. The van der Waals surface area contributed by atoms with Crippen LogP contribution in [-0.4, -0.2) is 13.1 Å². The van der Waals surface area contributed by atoms with Gasteiger partial charge in [-0.2, -0.15) is 0 Å². The number of hydrogen-bond acceptors (Lipinski definition) is 3. The van der Waals surface area contributed by atoms with Crippen molar-refractivity contribution in [2.75, 3.05) is 12.8 Å². The number of nitrogens with two attached hydrogens (primary N) is 1. The first-order valence-corrected chi connectivity index (χ1v) is 4.29. The van der Waals surface area contributed by atoms with Gasteiger partial charge in [0, 0.05) is 0 Å². The summed E-state index contributed by atoms with van der Waals surface area (Å²) in [5, 5.41) is 0. The maximum absolute atomic E-state index is 13.2. The van der Waals surface area contributed by atoms with Crippen LogP contribution in [-0.2, 0) is 4.74 Å². The fourth-order valence-corrected chi connectivity index (χ4v) is 1.32. The lowest BCUT2D eigenvalue weighted by molar-refractivity contribution is 0.0595. The number of hydrogen-bond donors (Lipinski definition) is 1. The molecule has 14 heavy (non-hydrogen) atoms. The molecule has 0 aliphatic rings. The molecule has 0 aliphatic carbocycles. The van der Waals surface area contributed by atoms with Gasteiger partial charge in [0.15, 0.2) is 11.6 Å². The van der Waals surface area contributed by atoms with Crippen molar-refractivity contribution in [3.05, 3.63) is 27.7 Å². The van der Waals surface area contributed by atoms with Crippen LogP contribution in [0.15, 0.2) is 10.5 Å². The Hall–Kier alpha value is -1.17. The molecule has 1 rings (SSSR count). The Bertz CT molecular complexity index is 395. The molecular formula is C8H6BrF2NO2. The lowest BCUT2D eigenvalue weighted by atomic mass is 10.2. The number of ether oxygens (including phenoxy) is 1. The zero-order valence-corrected chi connectivity index (χ0v) is 8.69. The topological polar surface area (TPSA) is 52.3 Å². The molecule has 0 unspecified atom stereocenters. The molecule has 6 heteroatoms. The van der Waals surface area contributed by atoms with Gasteiger partial charge < -0.3 is 10.5 Å². The summed E-state index contributed by atoms with van der Waals surface area (Å²) in [5.41, 5.74) is 4.48. The summed E-state index contributed by atoms with van der Waals surface area (Å²) in [6.45, 7) is 0. The van der Waals surface area contributed by atoms with Gasteiger partial charge in [-0.3, -0.25) is 0 Å². The summed E-state index contributed by atoms with van der Waals surface area (Å²) in [7, 11) is 1.09. The number of benzene rings is 1. The molecule has 2 N–H and O–H groups in total. The van der Waals surface area contributed by atoms with E-state index >= 15 is 0 Å². The third kappa shape index (κ3) is 1.70. The van der Waals surface area contributed by atoms with Crippen molar-refractivity contribution in [1.29, 1.82) is 0 Å². The Kier molecular flexibility index (Phi) is 3.05. The molecule has 1 aromatic rings. The SMILES string of the molecule is COC(=O)c1cc(N)c(F)c(Br)c1F. The average molecular weight is 266 g/mol. The van der Waals surface area contributed by atoms with Crippen LogP contribution in [0.4, 0.5) is 14.5 Å². The molecule has 0 heterocycles. The molecule has 0 fully saturated rings. The highest BCUT2D eigenvalue weighted by Crippen LogP contribution is 2.27. The Morgan fingerprint density at radius 3 is 2.57 bits per heavy atom. The summed E-state index contributed by atoms with van der Waals surface area (Å²) in [4.78, 5) is 11.0. The second-order valence-electron chi connectivity index (χ2n) is 2.45. The number of anilines is 1. The summed E-state index contributed by atoms with van der Waals surface area (Å²) in [6, 6.07) is 0.890. The van der Waals surface area contributed by atoms with Crippen molar-refractivity contribution in [2.24, 2.45) is 0 Å². The van der Waals surface area contributed by atoms with Gasteiger partial charge in [0.25, 0.3) is 0 Å². The summed E-state index contributed by atoms with van der Waals surface area (Å²) < 4.78 is 30.0. The molecule has 0 radical (unpaired) electrons. The van der Waals surface area contributed by atoms with E-state index in [0.29, 0.717) is 0 Å². The highest BCUT2D eigenvalue weighted by Gasteiger charge is 2.20. The maximum Gasteiger partial charge on any atom is 0.340 e. The third-order valence-electron chi connectivity index (χ3n) is 1.58. The molecule has 0 spiro atoms. The Balaban J connectivity index is 3.40. The molecule has 76 valence electrons. The average Bonchev–Trinajstić information content (AvgIpc) is 2.19. The minimum Gasteiger partial charge on any atom is -0.465 e. The Labute approximate surface area is 87.0 Å².